The van der Waals surface area contributed by atoms with Gasteiger partial charge in [-0.15, -0.1) is 0 Å². The predicted octanol–water partition coefficient (Wildman–Crippen LogP) is 0.854. The first-order valence-corrected chi connectivity index (χ1v) is 5.83. The lowest BCUT2D eigenvalue weighted by atomic mass is 10.3. The third kappa shape index (κ3) is 8.56. The Morgan fingerprint density at radius 2 is 2.23 bits per heavy atom. The fourth-order valence-electron chi connectivity index (χ4n) is 0.895. The molecule has 0 aromatic carbocycles. The number of aliphatic hydroxyl groups excluding tert-OH is 1. The Hall–Kier alpha value is 0.230. The van der Waals surface area contributed by atoms with E-state index >= 15 is 0 Å². The molecule has 0 spiro atoms. The van der Waals surface area contributed by atoms with Gasteiger partial charge in [-0.1, -0.05) is 6.92 Å². The smallest absolute Gasteiger partial charge is 0.0863 e. The maximum atomic E-state index is 9.42. The van der Waals surface area contributed by atoms with Gasteiger partial charge >= 0.3 is 0 Å². The Bertz CT molecular complexity index is 114. The second-order valence-electron chi connectivity index (χ2n) is 3.03. The molecule has 4 heteroatoms. The van der Waals surface area contributed by atoms with Crippen LogP contribution in [-0.4, -0.2) is 42.0 Å². The molecule has 0 fully saturated rings. The minimum Gasteiger partial charge on any atom is -0.390 e. The average Bonchev–Trinajstić information content (AvgIpc) is 2.12. The summed E-state index contributed by atoms with van der Waals surface area (Å²) in [4.78, 5) is 0. The van der Waals surface area contributed by atoms with Gasteiger partial charge in [0.25, 0.3) is 0 Å². The van der Waals surface area contributed by atoms with E-state index in [1.54, 1.807) is 11.8 Å². The van der Waals surface area contributed by atoms with Crippen molar-refractivity contribution < 1.29 is 9.84 Å². The zero-order valence-electron chi connectivity index (χ0n) is 8.53. The molecule has 3 nitrogen and oxygen atoms in total. The van der Waals surface area contributed by atoms with Crippen LogP contribution in [0.4, 0.5) is 0 Å². The van der Waals surface area contributed by atoms with E-state index in [9.17, 15) is 5.11 Å². The molecule has 0 saturated heterocycles. The van der Waals surface area contributed by atoms with Crippen molar-refractivity contribution in [2.24, 2.45) is 5.73 Å². The quantitative estimate of drug-likeness (QED) is 0.620. The standard InChI is InChI=1S/C9H21NO2S/c1-3-12-6-9(11)7-13-8(2)4-5-10/h8-9,11H,3-7,10H2,1-2H3. The van der Waals surface area contributed by atoms with Gasteiger partial charge in [-0.25, -0.2) is 0 Å². The lowest BCUT2D eigenvalue weighted by molar-refractivity contribution is 0.0551. The van der Waals surface area contributed by atoms with E-state index in [0.717, 1.165) is 18.7 Å². The minimum atomic E-state index is -0.342. The first kappa shape index (κ1) is 13.2. The van der Waals surface area contributed by atoms with Crippen LogP contribution in [0.5, 0.6) is 0 Å². The van der Waals surface area contributed by atoms with Crippen molar-refractivity contribution >= 4 is 11.8 Å². The molecule has 80 valence electrons. The van der Waals surface area contributed by atoms with Gasteiger partial charge in [-0.2, -0.15) is 11.8 Å². The molecular weight excluding hydrogens is 186 g/mol. The van der Waals surface area contributed by atoms with E-state index in [1.165, 1.54) is 0 Å². The normalized spacial score (nSPS) is 15.7. The Labute approximate surface area is 85.0 Å². The van der Waals surface area contributed by atoms with Gasteiger partial charge < -0.3 is 15.6 Å². The monoisotopic (exact) mass is 207 g/mol. The SMILES string of the molecule is CCOCC(O)CSC(C)CCN. The van der Waals surface area contributed by atoms with Gasteiger partial charge in [0.15, 0.2) is 0 Å². The largest absolute Gasteiger partial charge is 0.390 e. The maximum absolute atomic E-state index is 9.42. The van der Waals surface area contributed by atoms with E-state index in [1.807, 2.05) is 6.92 Å². The van der Waals surface area contributed by atoms with Crippen molar-refractivity contribution in [3.05, 3.63) is 0 Å². The highest BCUT2D eigenvalue weighted by Crippen LogP contribution is 2.14. The summed E-state index contributed by atoms with van der Waals surface area (Å²) in [6, 6.07) is 0. The highest BCUT2D eigenvalue weighted by Gasteiger charge is 2.07. The molecule has 0 rings (SSSR count). The lowest BCUT2D eigenvalue weighted by Gasteiger charge is -2.13. The van der Waals surface area contributed by atoms with Crippen molar-refractivity contribution in [3.63, 3.8) is 0 Å². The third-order valence-corrected chi connectivity index (χ3v) is 3.04. The molecule has 0 aromatic heterocycles. The summed E-state index contributed by atoms with van der Waals surface area (Å²) in [6.07, 6.45) is 0.664. The fraction of sp³-hybridized carbons (Fsp3) is 1.00. The number of aliphatic hydroxyl groups is 1. The van der Waals surface area contributed by atoms with Crippen LogP contribution in [-0.2, 0) is 4.74 Å². The average molecular weight is 207 g/mol. The van der Waals surface area contributed by atoms with Crippen LogP contribution >= 0.6 is 11.8 Å². The Morgan fingerprint density at radius 1 is 1.54 bits per heavy atom. The van der Waals surface area contributed by atoms with Gasteiger partial charge in [-0.05, 0) is 19.9 Å². The number of hydrogen-bond acceptors (Lipinski definition) is 4. The van der Waals surface area contributed by atoms with E-state index < -0.39 is 0 Å². The fourth-order valence-corrected chi connectivity index (χ4v) is 1.85. The first-order valence-electron chi connectivity index (χ1n) is 4.78. The van der Waals surface area contributed by atoms with E-state index in [0.29, 0.717) is 18.5 Å². The third-order valence-electron chi connectivity index (χ3n) is 1.66. The summed E-state index contributed by atoms with van der Waals surface area (Å²) >= 11 is 1.75. The van der Waals surface area contributed by atoms with Crippen molar-refractivity contribution in [1.82, 2.24) is 0 Å². The Balaban J connectivity index is 3.29. The summed E-state index contributed by atoms with van der Waals surface area (Å²) in [5, 5.41) is 9.95. The summed E-state index contributed by atoms with van der Waals surface area (Å²) in [6.45, 7) is 5.89. The van der Waals surface area contributed by atoms with Crippen LogP contribution in [0.1, 0.15) is 20.3 Å². The van der Waals surface area contributed by atoms with E-state index in [-0.39, 0.29) is 6.10 Å². The first-order chi connectivity index (χ1) is 6.20. The molecule has 0 aliphatic heterocycles. The molecule has 2 atom stereocenters. The van der Waals surface area contributed by atoms with Crippen molar-refractivity contribution in [2.75, 3.05) is 25.5 Å². The predicted molar refractivity (Wildman–Crippen MR) is 58.1 cm³/mol. The Morgan fingerprint density at radius 3 is 2.77 bits per heavy atom. The molecule has 0 radical (unpaired) electrons. The molecule has 3 N–H and O–H groups in total. The number of hydrogen-bond donors (Lipinski definition) is 2. The molecular formula is C9H21NO2S. The van der Waals surface area contributed by atoms with Crippen molar-refractivity contribution in [1.29, 1.82) is 0 Å². The van der Waals surface area contributed by atoms with Crippen LogP contribution in [0.15, 0.2) is 0 Å². The summed E-state index contributed by atoms with van der Waals surface area (Å²) < 4.78 is 5.10. The topological polar surface area (TPSA) is 55.5 Å². The second-order valence-corrected chi connectivity index (χ2v) is 4.51. The molecule has 13 heavy (non-hydrogen) atoms. The highest BCUT2D eigenvalue weighted by molar-refractivity contribution is 7.99. The van der Waals surface area contributed by atoms with Crippen molar-refractivity contribution in [2.45, 2.75) is 31.6 Å². The lowest BCUT2D eigenvalue weighted by Crippen LogP contribution is -2.20. The Kier molecular flexibility index (Phi) is 8.97. The number of thioether (sulfide) groups is 1. The van der Waals surface area contributed by atoms with Crippen LogP contribution < -0.4 is 5.73 Å². The zero-order valence-corrected chi connectivity index (χ0v) is 9.35. The van der Waals surface area contributed by atoms with Crippen molar-refractivity contribution in [3.8, 4) is 0 Å². The van der Waals surface area contributed by atoms with Gasteiger partial charge in [0, 0.05) is 17.6 Å². The molecule has 0 aliphatic rings. The summed E-state index contributed by atoms with van der Waals surface area (Å²) in [5.41, 5.74) is 5.42. The van der Waals surface area contributed by atoms with Crippen LogP contribution in [0.3, 0.4) is 0 Å². The molecule has 0 heterocycles. The zero-order chi connectivity index (χ0) is 10.1. The molecule has 0 saturated carbocycles. The number of rotatable bonds is 8. The van der Waals surface area contributed by atoms with Crippen LogP contribution in [0.25, 0.3) is 0 Å². The van der Waals surface area contributed by atoms with Gasteiger partial charge in [0.2, 0.25) is 0 Å². The minimum absolute atomic E-state index is 0.342. The van der Waals surface area contributed by atoms with E-state index in [2.05, 4.69) is 6.92 Å². The van der Waals surface area contributed by atoms with Crippen LogP contribution in [0, 0.1) is 0 Å². The summed E-state index contributed by atoms with van der Waals surface area (Å²) in [5.74, 6) is 0.737. The number of ether oxygens (including phenoxy) is 1. The van der Waals surface area contributed by atoms with Crippen LogP contribution in [0.2, 0.25) is 0 Å². The molecule has 2 unspecified atom stereocenters. The van der Waals surface area contributed by atoms with Gasteiger partial charge in [0.1, 0.15) is 0 Å². The summed E-state index contributed by atoms with van der Waals surface area (Å²) in [7, 11) is 0. The molecule has 0 amide bonds. The van der Waals surface area contributed by atoms with E-state index in [4.69, 9.17) is 10.5 Å². The van der Waals surface area contributed by atoms with Gasteiger partial charge in [-0.3, -0.25) is 0 Å². The maximum Gasteiger partial charge on any atom is 0.0863 e. The second kappa shape index (κ2) is 8.81. The number of nitrogens with two attached hydrogens (primary N) is 1. The molecule has 0 aliphatic carbocycles. The molecule has 0 aromatic rings. The van der Waals surface area contributed by atoms with Gasteiger partial charge in [0.05, 0.1) is 12.7 Å². The highest BCUT2D eigenvalue weighted by atomic mass is 32.2. The molecule has 0 bridgehead atoms.